The van der Waals surface area contributed by atoms with Crippen LogP contribution in [0.3, 0.4) is 0 Å². The molecular weight excluding hydrogens is 134 g/mol. The van der Waals surface area contributed by atoms with Crippen molar-refractivity contribution in [1.29, 1.82) is 0 Å². The molecule has 0 aromatic rings. The van der Waals surface area contributed by atoms with Crippen molar-refractivity contribution in [3.05, 3.63) is 49.2 Å². The van der Waals surface area contributed by atoms with E-state index in [-0.39, 0.29) is 0 Å². The van der Waals surface area contributed by atoms with Crippen molar-refractivity contribution in [1.82, 2.24) is 4.90 Å². The highest BCUT2D eigenvalue weighted by atomic mass is 15.1. The molecule has 58 valence electrons. The molecule has 0 saturated heterocycles. The van der Waals surface area contributed by atoms with Crippen LogP contribution in [0.1, 0.15) is 0 Å². The smallest absolute Gasteiger partial charge is 0.0366 e. The van der Waals surface area contributed by atoms with Gasteiger partial charge < -0.3 is 4.90 Å². The summed E-state index contributed by atoms with van der Waals surface area (Å²) >= 11 is 0. The summed E-state index contributed by atoms with van der Waals surface area (Å²) in [6, 6.07) is 0. The predicted molar refractivity (Wildman–Crippen MR) is 49.2 cm³/mol. The molecule has 1 rings (SSSR count). The highest BCUT2D eigenvalue weighted by Gasteiger charge is 1.98. The third-order valence-corrected chi connectivity index (χ3v) is 1.64. The molecule has 1 nitrogen and oxygen atoms in total. The van der Waals surface area contributed by atoms with Gasteiger partial charge in [-0.05, 0) is 11.6 Å². The largest absolute Gasteiger partial charge is 0.370 e. The molecule has 0 fully saturated rings. The van der Waals surface area contributed by atoms with Crippen molar-refractivity contribution in [2.45, 2.75) is 0 Å². The van der Waals surface area contributed by atoms with Crippen molar-refractivity contribution in [2.75, 3.05) is 13.1 Å². The zero-order valence-electron chi connectivity index (χ0n) is 6.66. The fourth-order valence-corrected chi connectivity index (χ4v) is 0.996. The van der Waals surface area contributed by atoms with Gasteiger partial charge in [0.1, 0.15) is 0 Å². The molecule has 0 atom stereocenters. The van der Waals surface area contributed by atoms with E-state index in [1.165, 1.54) is 5.57 Å². The van der Waals surface area contributed by atoms with Gasteiger partial charge in [-0.3, -0.25) is 0 Å². The second kappa shape index (κ2) is 3.81. The van der Waals surface area contributed by atoms with E-state index in [1.807, 2.05) is 12.2 Å². The number of hydrogen-bond acceptors (Lipinski definition) is 1. The van der Waals surface area contributed by atoms with Crippen LogP contribution in [0, 0.1) is 0 Å². The van der Waals surface area contributed by atoms with Crippen molar-refractivity contribution in [2.24, 2.45) is 0 Å². The van der Waals surface area contributed by atoms with Crippen LogP contribution in [-0.4, -0.2) is 18.0 Å². The molecular formula is C10H13N. The summed E-state index contributed by atoms with van der Waals surface area (Å²) < 4.78 is 0. The maximum Gasteiger partial charge on any atom is 0.0366 e. The van der Waals surface area contributed by atoms with Crippen LogP contribution in [0.2, 0.25) is 0 Å². The first-order valence-electron chi connectivity index (χ1n) is 3.72. The minimum atomic E-state index is 0.914. The summed E-state index contributed by atoms with van der Waals surface area (Å²) in [5, 5.41) is 0. The van der Waals surface area contributed by atoms with Gasteiger partial charge in [-0.25, -0.2) is 0 Å². The summed E-state index contributed by atoms with van der Waals surface area (Å²) in [6.07, 6.45) is 10.0. The summed E-state index contributed by atoms with van der Waals surface area (Å²) in [5.41, 5.74) is 1.20. The molecule has 1 aliphatic rings. The Bertz CT molecular complexity index is 211. The van der Waals surface area contributed by atoms with Crippen LogP contribution in [-0.2, 0) is 0 Å². The molecule has 1 heteroatoms. The van der Waals surface area contributed by atoms with Gasteiger partial charge in [0.25, 0.3) is 0 Å². The maximum absolute atomic E-state index is 3.70. The quantitative estimate of drug-likeness (QED) is 0.553. The highest BCUT2D eigenvalue weighted by molar-refractivity contribution is 5.31. The molecule has 1 aliphatic heterocycles. The van der Waals surface area contributed by atoms with Crippen molar-refractivity contribution >= 4 is 0 Å². The lowest BCUT2D eigenvalue weighted by Crippen LogP contribution is -2.19. The fourth-order valence-electron chi connectivity index (χ4n) is 0.996. The third kappa shape index (κ3) is 2.11. The van der Waals surface area contributed by atoms with E-state index in [0.29, 0.717) is 0 Å². The van der Waals surface area contributed by atoms with E-state index in [2.05, 4.69) is 36.4 Å². The topological polar surface area (TPSA) is 3.24 Å². The van der Waals surface area contributed by atoms with Gasteiger partial charge in [0.05, 0.1) is 0 Å². The SMILES string of the molecule is C=CCN1C=CC(C=C)=CC1. The molecule has 0 amide bonds. The fraction of sp³-hybridized carbons (Fsp3) is 0.200. The number of nitrogens with zero attached hydrogens (tertiary/aromatic N) is 1. The Morgan fingerprint density at radius 1 is 1.55 bits per heavy atom. The predicted octanol–water partition coefficient (Wildman–Crippen LogP) is 2.11. The van der Waals surface area contributed by atoms with Crippen LogP contribution in [0.5, 0.6) is 0 Å². The lowest BCUT2D eigenvalue weighted by molar-refractivity contribution is 0.457. The minimum Gasteiger partial charge on any atom is -0.370 e. The molecule has 0 saturated carbocycles. The minimum absolute atomic E-state index is 0.914. The lowest BCUT2D eigenvalue weighted by atomic mass is 10.2. The van der Waals surface area contributed by atoms with E-state index < -0.39 is 0 Å². The Labute approximate surface area is 68.0 Å². The highest BCUT2D eigenvalue weighted by Crippen LogP contribution is 2.06. The van der Waals surface area contributed by atoms with Crippen molar-refractivity contribution in [3.63, 3.8) is 0 Å². The second-order valence-corrected chi connectivity index (χ2v) is 2.47. The van der Waals surface area contributed by atoms with Gasteiger partial charge in [0.2, 0.25) is 0 Å². The average molecular weight is 147 g/mol. The van der Waals surface area contributed by atoms with Gasteiger partial charge in [0.15, 0.2) is 0 Å². The van der Waals surface area contributed by atoms with E-state index in [9.17, 15) is 0 Å². The molecule has 0 aromatic carbocycles. The molecule has 0 N–H and O–H groups in total. The van der Waals surface area contributed by atoms with E-state index in [0.717, 1.165) is 13.1 Å². The Morgan fingerprint density at radius 2 is 2.36 bits per heavy atom. The number of allylic oxidation sites excluding steroid dienone is 3. The van der Waals surface area contributed by atoms with Gasteiger partial charge >= 0.3 is 0 Å². The first-order chi connectivity index (χ1) is 5.36. The second-order valence-electron chi connectivity index (χ2n) is 2.47. The van der Waals surface area contributed by atoms with Crippen molar-refractivity contribution < 1.29 is 0 Å². The molecule has 0 bridgehead atoms. The Hall–Kier alpha value is -1.24. The molecule has 11 heavy (non-hydrogen) atoms. The Morgan fingerprint density at radius 3 is 2.82 bits per heavy atom. The summed E-state index contributed by atoms with van der Waals surface area (Å²) in [7, 11) is 0. The zero-order chi connectivity index (χ0) is 8.10. The van der Waals surface area contributed by atoms with E-state index >= 15 is 0 Å². The average Bonchev–Trinajstić information content (AvgIpc) is 2.07. The summed E-state index contributed by atoms with van der Waals surface area (Å²) in [4.78, 5) is 2.18. The molecule has 0 aliphatic carbocycles. The van der Waals surface area contributed by atoms with Crippen LogP contribution >= 0.6 is 0 Å². The van der Waals surface area contributed by atoms with Gasteiger partial charge in [-0.2, -0.15) is 0 Å². The molecule has 0 radical (unpaired) electrons. The van der Waals surface area contributed by atoms with Gasteiger partial charge in [-0.15, -0.1) is 6.58 Å². The molecule has 0 aromatic heterocycles. The maximum atomic E-state index is 3.70. The van der Waals surface area contributed by atoms with Gasteiger partial charge in [0, 0.05) is 19.3 Å². The van der Waals surface area contributed by atoms with Crippen LogP contribution in [0.4, 0.5) is 0 Å². The normalized spacial score (nSPS) is 16.0. The number of rotatable bonds is 3. The van der Waals surface area contributed by atoms with E-state index in [4.69, 9.17) is 0 Å². The summed E-state index contributed by atoms with van der Waals surface area (Å²) in [5.74, 6) is 0. The lowest BCUT2D eigenvalue weighted by Gasteiger charge is -2.19. The standard InChI is InChI=1S/C10H13N/c1-3-7-11-8-5-10(4-2)6-9-11/h3-6,8H,1-2,7,9H2. The van der Waals surface area contributed by atoms with Crippen LogP contribution in [0.25, 0.3) is 0 Å². The zero-order valence-corrected chi connectivity index (χ0v) is 6.66. The monoisotopic (exact) mass is 147 g/mol. The van der Waals surface area contributed by atoms with Gasteiger partial charge in [-0.1, -0.05) is 24.8 Å². The first kappa shape index (κ1) is 7.86. The Balaban J connectivity index is 2.49. The summed E-state index contributed by atoms with van der Waals surface area (Å²) in [6.45, 7) is 9.25. The Kier molecular flexibility index (Phi) is 2.73. The van der Waals surface area contributed by atoms with Crippen LogP contribution < -0.4 is 0 Å². The van der Waals surface area contributed by atoms with Crippen molar-refractivity contribution in [3.8, 4) is 0 Å². The molecule has 1 heterocycles. The molecule has 0 spiro atoms. The van der Waals surface area contributed by atoms with Crippen LogP contribution in [0.15, 0.2) is 49.2 Å². The van der Waals surface area contributed by atoms with E-state index in [1.54, 1.807) is 0 Å². The number of hydrogen-bond donors (Lipinski definition) is 0. The third-order valence-electron chi connectivity index (χ3n) is 1.64. The molecule has 0 unspecified atom stereocenters. The first-order valence-corrected chi connectivity index (χ1v) is 3.72.